The van der Waals surface area contributed by atoms with E-state index in [2.05, 4.69) is 19.2 Å². The van der Waals surface area contributed by atoms with Crippen molar-refractivity contribution in [1.82, 2.24) is 5.32 Å². The fraction of sp³-hybridized carbons (Fsp3) is 1.00. The van der Waals surface area contributed by atoms with Crippen molar-refractivity contribution in [3.8, 4) is 0 Å². The minimum absolute atomic E-state index is 0.0771. The summed E-state index contributed by atoms with van der Waals surface area (Å²) in [5, 5.41) is 13.4. The van der Waals surface area contributed by atoms with E-state index in [1.54, 1.807) is 0 Å². The molecule has 2 fully saturated rings. The largest absolute Gasteiger partial charge is 0.396 e. The van der Waals surface area contributed by atoms with Crippen LogP contribution in [0.15, 0.2) is 0 Å². The lowest BCUT2D eigenvalue weighted by Gasteiger charge is -2.52. The van der Waals surface area contributed by atoms with Crippen LogP contribution in [0.1, 0.15) is 58.8 Å². The molecule has 0 bridgehead atoms. The van der Waals surface area contributed by atoms with Crippen molar-refractivity contribution in [3.05, 3.63) is 0 Å². The van der Waals surface area contributed by atoms with Crippen LogP contribution in [-0.2, 0) is 0 Å². The maximum Gasteiger partial charge on any atom is 0.0474 e. The van der Waals surface area contributed by atoms with Gasteiger partial charge in [-0.3, -0.25) is 0 Å². The summed E-state index contributed by atoms with van der Waals surface area (Å²) in [4.78, 5) is 0. The molecule has 0 amide bonds. The molecule has 2 rings (SSSR count). The van der Waals surface area contributed by atoms with Gasteiger partial charge < -0.3 is 16.2 Å². The SMILES string of the molecule is CC1(C)CCCCC1(CN)NC1CCCC1CO. The van der Waals surface area contributed by atoms with Gasteiger partial charge in [0.15, 0.2) is 0 Å². The van der Waals surface area contributed by atoms with Crippen molar-refractivity contribution in [1.29, 1.82) is 0 Å². The molecule has 4 N–H and O–H groups in total. The quantitative estimate of drug-likeness (QED) is 0.719. The molecule has 106 valence electrons. The minimum atomic E-state index is 0.0771. The van der Waals surface area contributed by atoms with E-state index in [0.717, 1.165) is 6.42 Å². The van der Waals surface area contributed by atoms with E-state index < -0.39 is 0 Å². The molecule has 3 nitrogen and oxygen atoms in total. The van der Waals surface area contributed by atoms with Crippen molar-refractivity contribution in [3.63, 3.8) is 0 Å². The Morgan fingerprint density at radius 1 is 1.17 bits per heavy atom. The Hall–Kier alpha value is -0.120. The summed E-state index contributed by atoms with van der Waals surface area (Å²) in [6.45, 7) is 5.75. The molecular weight excluding hydrogens is 224 g/mol. The number of rotatable bonds is 4. The molecule has 18 heavy (non-hydrogen) atoms. The van der Waals surface area contributed by atoms with Crippen molar-refractivity contribution >= 4 is 0 Å². The average Bonchev–Trinajstić information content (AvgIpc) is 2.79. The molecule has 0 aromatic heterocycles. The Balaban J connectivity index is 2.11. The fourth-order valence-corrected chi connectivity index (χ4v) is 4.08. The lowest BCUT2D eigenvalue weighted by molar-refractivity contribution is 0.0470. The Labute approximate surface area is 112 Å². The second-order valence-corrected chi connectivity index (χ2v) is 7.00. The highest BCUT2D eigenvalue weighted by molar-refractivity contribution is 5.06. The lowest BCUT2D eigenvalue weighted by Crippen LogP contribution is -2.65. The summed E-state index contributed by atoms with van der Waals surface area (Å²) in [5.74, 6) is 0.436. The fourth-order valence-electron chi connectivity index (χ4n) is 4.08. The number of nitrogens with one attached hydrogen (secondary N) is 1. The maximum atomic E-state index is 9.48. The van der Waals surface area contributed by atoms with Gasteiger partial charge in [0.1, 0.15) is 0 Å². The Morgan fingerprint density at radius 3 is 2.50 bits per heavy atom. The number of nitrogens with two attached hydrogens (primary N) is 1. The third-order valence-corrected chi connectivity index (χ3v) is 5.65. The smallest absolute Gasteiger partial charge is 0.0474 e. The number of hydrogen-bond donors (Lipinski definition) is 3. The monoisotopic (exact) mass is 254 g/mol. The van der Waals surface area contributed by atoms with Gasteiger partial charge in [-0.05, 0) is 37.0 Å². The second kappa shape index (κ2) is 5.48. The van der Waals surface area contributed by atoms with E-state index in [1.807, 2.05) is 0 Å². The lowest BCUT2D eigenvalue weighted by atomic mass is 9.62. The maximum absolute atomic E-state index is 9.48. The van der Waals surface area contributed by atoms with Crippen molar-refractivity contribution in [2.45, 2.75) is 70.4 Å². The van der Waals surface area contributed by atoms with Gasteiger partial charge in [-0.15, -0.1) is 0 Å². The Bertz CT molecular complexity index is 280. The van der Waals surface area contributed by atoms with Crippen LogP contribution in [0.3, 0.4) is 0 Å². The van der Waals surface area contributed by atoms with Gasteiger partial charge in [0.25, 0.3) is 0 Å². The number of aliphatic hydroxyl groups is 1. The molecule has 3 unspecified atom stereocenters. The predicted octanol–water partition coefficient (Wildman–Crippen LogP) is 2.03. The molecule has 2 aliphatic rings. The van der Waals surface area contributed by atoms with Crippen molar-refractivity contribution < 1.29 is 5.11 Å². The summed E-state index contributed by atoms with van der Waals surface area (Å²) < 4.78 is 0. The highest BCUT2D eigenvalue weighted by atomic mass is 16.3. The molecule has 0 aromatic rings. The summed E-state index contributed by atoms with van der Waals surface area (Å²) in [5.41, 5.74) is 6.50. The molecular formula is C15H30N2O. The van der Waals surface area contributed by atoms with E-state index in [4.69, 9.17) is 5.73 Å². The molecule has 3 heteroatoms. The summed E-state index contributed by atoms with van der Waals surface area (Å²) in [6.07, 6.45) is 8.65. The molecule has 0 spiro atoms. The highest BCUT2D eigenvalue weighted by Crippen LogP contribution is 2.44. The molecule has 0 aromatic carbocycles. The van der Waals surface area contributed by atoms with Crippen LogP contribution in [-0.4, -0.2) is 29.8 Å². The van der Waals surface area contributed by atoms with E-state index >= 15 is 0 Å². The zero-order chi connectivity index (χ0) is 13.2. The minimum Gasteiger partial charge on any atom is -0.396 e. The van der Waals surface area contributed by atoms with Gasteiger partial charge in [-0.25, -0.2) is 0 Å². The number of aliphatic hydroxyl groups excluding tert-OH is 1. The second-order valence-electron chi connectivity index (χ2n) is 7.00. The molecule has 0 heterocycles. The van der Waals surface area contributed by atoms with Gasteiger partial charge in [-0.1, -0.05) is 33.1 Å². The Morgan fingerprint density at radius 2 is 1.89 bits per heavy atom. The van der Waals surface area contributed by atoms with Crippen LogP contribution in [0.2, 0.25) is 0 Å². The van der Waals surface area contributed by atoms with Crippen LogP contribution >= 0.6 is 0 Å². The zero-order valence-electron chi connectivity index (χ0n) is 12.0. The van der Waals surface area contributed by atoms with Gasteiger partial charge in [0.05, 0.1) is 0 Å². The van der Waals surface area contributed by atoms with E-state index in [1.165, 1.54) is 38.5 Å². The van der Waals surface area contributed by atoms with Crippen molar-refractivity contribution in [2.24, 2.45) is 17.1 Å². The Kier molecular flexibility index (Phi) is 4.35. The molecule has 3 atom stereocenters. The number of hydrogen-bond acceptors (Lipinski definition) is 3. The summed E-state index contributed by atoms with van der Waals surface area (Å²) in [6, 6.07) is 0.468. The van der Waals surface area contributed by atoms with Gasteiger partial charge in [0.2, 0.25) is 0 Å². The van der Waals surface area contributed by atoms with Crippen LogP contribution in [0.5, 0.6) is 0 Å². The molecule has 0 aliphatic heterocycles. The van der Waals surface area contributed by atoms with E-state index in [9.17, 15) is 5.11 Å². The molecule has 0 saturated heterocycles. The summed E-state index contributed by atoms with van der Waals surface area (Å²) >= 11 is 0. The van der Waals surface area contributed by atoms with Gasteiger partial charge in [0, 0.05) is 24.7 Å². The topological polar surface area (TPSA) is 58.3 Å². The van der Waals surface area contributed by atoms with E-state index in [-0.39, 0.29) is 11.0 Å². The molecule has 2 saturated carbocycles. The molecule has 2 aliphatic carbocycles. The standard InChI is InChI=1S/C15H30N2O/c1-14(2)8-3-4-9-15(14,11-16)17-13-7-5-6-12(13)10-18/h12-13,17-18H,3-11,16H2,1-2H3. The van der Waals surface area contributed by atoms with Gasteiger partial charge in [-0.2, -0.15) is 0 Å². The zero-order valence-corrected chi connectivity index (χ0v) is 12.0. The third-order valence-electron chi connectivity index (χ3n) is 5.65. The summed E-state index contributed by atoms with van der Waals surface area (Å²) in [7, 11) is 0. The third kappa shape index (κ3) is 2.45. The first kappa shape index (κ1) is 14.3. The first-order valence-electron chi connectivity index (χ1n) is 7.63. The van der Waals surface area contributed by atoms with Crippen LogP contribution in [0, 0.1) is 11.3 Å². The van der Waals surface area contributed by atoms with Crippen molar-refractivity contribution in [2.75, 3.05) is 13.2 Å². The normalized spacial score (nSPS) is 40.0. The van der Waals surface area contributed by atoms with E-state index in [0.29, 0.717) is 25.1 Å². The first-order valence-corrected chi connectivity index (χ1v) is 7.63. The average molecular weight is 254 g/mol. The van der Waals surface area contributed by atoms with Crippen LogP contribution < -0.4 is 11.1 Å². The van der Waals surface area contributed by atoms with Crippen LogP contribution in [0.4, 0.5) is 0 Å². The van der Waals surface area contributed by atoms with Gasteiger partial charge >= 0.3 is 0 Å². The van der Waals surface area contributed by atoms with Crippen LogP contribution in [0.25, 0.3) is 0 Å². The predicted molar refractivity (Wildman–Crippen MR) is 75.4 cm³/mol. The highest BCUT2D eigenvalue weighted by Gasteiger charge is 2.47. The molecule has 0 radical (unpaired) electrons. The first-order chi connectivity index (χ1) is 8.54.